The first-order valence-corrected chi connectivity index (χ1v) is 13.2. The Balaban J connectivity index is 1.91. The van der Waals surface area contributed by atoms with Gasteiger partial charge in [0.25, 0.3) is 0 Å². The van der Waals surface area contributed by atoms with Crippen molar-refractivity contribution in [2.24, 2.45) is 11.7 Å². The fraction of sp³-hybridized carbons (Fsp3) is 0.520. The number of ether oxygens (including phenoxy) is 1. The van der Waals surface area contributed by atoms with E-state index in [1.807, 2.05) is 0 Å². The van der Waals surface area contributed by atoms with E-state index in [-0.39, 0.29) is 44.4 Å². The van der Waals surface area contributed by atoms with E-state index >= 15 is 0 Å². The van der Waals surface area contributed by atoms with E-state index in [0.717, 1.165) is 5.56 Å². The maximum Gasteiger partial charge on any atom is 0.312 e. The summed E-state index contributed by atoms with van der Waals surface area (Å²) in [5, 5.41) is 11.9. The summed E-state index contributed by atoms with van der Waals surface area (Å²) < 4.78 is 5.42. The summed E-state index contributed by atoms with van der Waals surface area (Å²) in [6.07, 6.45) is 3.42. The second kappa shape index (κ2) is 17.1. The van der Waals surface area contributed by atoms with Crippen molar-refractivity contribution in [2.45, 2.75) is 51.1 Å². The van der Waals surface area contributed by atoms with Gasteiger partial charge >= 0.3 is 6.03 Å². The molecule has 0 saturated carbocycles. The number of halogens is 1. The molecule has 2 rings (SSSR count). The van der Waals surface area contributed by atoms with Gasteiger partial charge in [0.2, 0.25) is 17.7 Å². The van der Waals surface area contributed by atoms with Gasteiger partial charge in [-0.1, -0.05) is 26.0 Å². The SMILES string of the molecule is CC(C)[C@H](NC(=O)CCOCCN1OC=CO1)C(=O)N[C@@H](CCCNC(N)=O)C(=O)Nc1ccc(CCl)cc1. The molecule has 0 spiro atoms. The van der Waals surface area contributed by atoms with E-state index in [0.29, 0.717) is 24.5 Å². The number of nitrogens with one attached hydrogen (secondary N) is 4. The van der Waals surface area contributed by atoms with Crippen LogP contribution in [0.2, 0.25) is 0 Å². The van der Waals surface area contributed by atoms with E-state index < -0.39 is 29.9 Å². The number of carbonyl (C=O) groups is 4. The highest BCUT2D eigenvalue weighted by Crippen LogP contribution is 2.13. The van der Waals surface area contributed by atoms with Gasteiger partial charge in [0.15, 0.2) is 12.5 Å². The van der Waals surface area contributed by atoms with Crippen LogP contribution in [0, 0.1) is 5.92 Å². The van der Waals surface area contributed by atoms with Gasteiger partial charge in [-0.2, -0.15) is 0 Å². The number of alkyl halides is 1. The summed E-state index contributed by atoms with van der Waals surface area (Å²) in [4.78, 5) is 59.6. The van der Waals surface area contributed by atoms with Gasteiger partial charge in [-0.15, -0.1) is 11.6 Å². The van der Waals surface area contributed by atoms with Gasteiger partial charge in [-0.05, 0) is 36.5 Å². The Bertz CT molecular complexity index is 968. The summed E-state index contributed by atoms with van der Waals surface area (Å²) in [5.74, 6) is -1.23. The van der Waals surface area contributed by atoms with Gasteiger partial charge in [0, 0.05) is 29.8 Å². The molecule has 39 heavy (non-hydrogen) atoms. The quantitative estimate of drug-likeness (QED) is 0.139. The Morgan fingerprint density at radius 2 is 1.72 bits per heavy atom. The van der Waals surface area contributed by atoms with Crippen molar-refractivity contribution in [3.63, 3.8) is 0 Å². The van der Waals surface area contributed by atoms with Crippen LogP contribution in [0.25, 0.3) is 0 Å². The molecule has 13 nitrogen and oxygen atoms in total. The second-order valence-corrected chi connectivity index (χ2v) is 9.27. The van der Waals surface area contributed by atoms with Crippen LogP contribution in [0.5, 0.6) is 0 Å². The minimum atomic E-state index is -0.925. The van der Waals surface area contributed by atoms with E-state index in [9.17, 15) is 19.2 Å². The molecule has 1 aliphatic heterocycles. The molecule has 6 N–H and O–H groups in total. The number of hydrogen-bond donors (Lipinski definition) is 5. The lowest BCUT2D eigenvalue weighted by Gasteiger charge is -2.25. The number of rotatable bonds is 17. The third-order valence-electron chi connectivity index (χ3n) is 5.55. The third-order valence-corrected chi connectivity index (χ3v) is 5.86. The number of hydroxylamine groups is 2. The van der Waals surface area contributed by atoms with Crippen LogP contribution in [0.3, 0.4) is 0 Å². The van der Waals surface area contributed by atoms with Gasteiger partial charge in [-0.25, -0.2) is 4.79 Å². The standard InChI is InChI=1S/C25H37ClN6O7/c1-17(2)22(31-21(33)9-12-37-13-11-32-38-14-15-39-32)24(35)30-20(4-3-10-28-25(27)36)23(34)29-19-7-5-18(16-26)6-8-19/h5-8,14-15,17,20,22H,3-4,9-13,16H2,1-2H3,(H,29,34)(H,30,35)(H,31,33)(H3,27,28,36)/t20-,22-/m0/s1. The Kier molecular flexibility index (Phi) is 13.9. The molecule has 0 saturated heterocycles. The summed E-state index contributed by atoms with van der Waals surface area (Å²) in [6.45, 7) is 4.57. The van der Waals surface area contributed by atoms with Crippen molar-refractivity contribution in [3.05, 3.63) is 42.4 Å². The average molecular weight is 569 g/mol. The lowest BCUT2D eigenvalue weighted by molar-refractivity contribution is -0.288. The van der Waals surface area contributed by atoms with Crippen LogP contribution in [0.15, 0.2) is 36.8 Å². The van der Waals surface area contributed by atoms with Crippen molar-refractivity contribution >= 4 is 41.0 Å². The average Bonchev–Trinajstić information content (AvgIpc) is 3.42. The highest BCUT2D eigenvalue weighted by Gasteiger charge is 2.28. The largest absolute Gasteiger partial charge is 0.379 e. The van der Waals surface area contributed by atoms with Crippen LogP contribution >= 0.6 is 11.6 Å². The first-order valence-electron chi connectivity index (χ1n) is 12.6. The zero-order chi connectivity index (χ0) is 28.6. The van der Waals surface area contributed by atoms with Gasteiger partial charge in [0.1, 0.15) is 12.1 Å². The minimum absolute atomic E-state index is 0.0392. The number of primary amides is 1. The number of amides is 5. The number of hydrogen-bond acceptors (Lipinski definition) is 8. The second-order valence-electron chi connectivity index (χ2n) is 9.01. The maximum absolute atomic E-state index is 13.2. The lowest BCUT2D eigenvalue weighted by Crippen LogP contribution is -2.54. The summed E-state index contributed by atoms with van der Waals surface area (Å²) in [6, 6.07) is 4.51. The molecule has 1 aromatic rings. The molecular formula is C25H37ClN6O7. The Morgan fingerprint density at radius 3 is 2.33 bits per heavy atom. The molecule has 0 aliphatic carbocycles. The van der Waals surface area contributed by atoms with Crippen molar-refractivity contribution in [1.29, 1.82) is 0 Å². The van der Waals surface area contributed by atoms with Crippen LogP contribution in [0.1, 0.15) is 38.7 Å². The fourth-order valence-electron chi connectivity index (χ4n) is 3.46. The van der Waals surface area contributed by atoms with Crippen LogP contribution in [0.4, 0.5) is 10.5 Å². The first-order chi connectivity index (χ1) is 18.7. The molecular weight excluding hydrogens is 532 g/mol. The Hall–Kier alpha value is -3.55. The van der Waals surface area contributed by atoms with Crippen molar-refractivity contribution in [1.82, 2.24) is 21.2 Å². The van der Waals surface area contributed by atoms with Crippen LogP contribution < -0.4 is 27.0 Å². The Labute approximate surface area is 232 Å². The minimum Gasteiger partial charge on any atom is -0.379 e. The summed E-state index contributed by atoms with van der Waals surface area (Å²) in [7, 11) is 0. The lowest BCUT2D eigenvalue weighted by atomic mass is 10.0. The summed E-state index contributed by atoms with van der Waals surface area (Å²) >= 11 is 5.82. The smallest absolute Gasteiger partial charge is 0.312 e. The predicted octanol–water partition coefficient (Wildman–Crippen LogP) is 1.49. The van der Waals surface area contributed by atoms with E-state index in [1.54, 1.807) is 38.1 Å². The number of urea groups is 1. The number of anilines is 1. The maximum atomic E-state index is 13.2. The number of nitrogens with two attached hydrogens (primary N) is 1. The molecule has 5 amide bonds. The Morgan fingerprint density at radius 1 is 1.03 bits per heavy atom. The molecule has 0 fully saturated rings. The molecule has 0 unspecified atom stereocenters. The van der Waals surface area contributed by atoms with Crippen molar-refractivity contribution < 1.29 is 33.6 Å². The van der Waals surface area contributed by atoms with E-state index in [2.05, 4.69) is 21.3 Å². The zero-order valence-corrected chi connectivity index (χ0v) is 22.9. The predicted molar refractivity (Wildman–Crippen MR) is 144 cm³/mol. The third kappa shape index (κ3) is 12.2. The topological polar surface area (TPSA) is 173 Å². The number of benzene rings is 1. The van der Waals surface area contributed by atoms with Gasteiger partial charge < -0.3 is 41.4 Å². The monoisotopic (exact) mass is 568 g/mol. The molecule has 1 aliphatic rings. The molecule has 0 aromatic heterocycles. The van der Waals surface area contributed by atoms with E-state index in [1.165, 1.54) is 17.8 Å². The van der Waals surface area contributed by atoms with Crippen LogP contribution in [-0.2, 0) is 34.7 Å². The molecule has 2 atom stereocenters. The molecule has 1 heterocycles. The van der Waals surface area contributed by atoms with E-state index in [4.69, 9.17) is 31.7 Å². The van der Waals surface area contributed by atoms with Gasteiger partial charge in [0.05, 0.1) is 19.8 Å². The zero-order valence-electron chi connectivity index (χ0n) is 22.1. The fourth-order valence-corrected chi connectivity index (χ4v) is 3.64. The van der Waals surface area contributed by atoms with Crippen molar-refractivity contribution in [2.75, 3.05) is 31.6 Å². The van der Waals surface area contributed by atoms with Crippen molar-refractivity contribution in [3.8, 4) is 0 Å². The molecule has 0 bridgehead atoms. The number of nitrogens with zero attached hydrogens (tertiary/aromatic N) is 1. The molecule has 0 radical (unpaired) electrons. The molecule has 216 valence electrons. The molecule has 14 heteroatoms. The first kappa shape index (κ1) is 31.7. The summed E-state index contributed by atoms with van der Waals surface area (Å²) in [5.41, 5.74) is 6.53. The number of carbonyl (C=O) groups excluding carboxylic acids is 4. The normalized spacial score (nSPS) is 14.2. The molecule has 1 aromatic carbocycles. The highest BCUT2D eigenvalue weighted by molar-refractivity contribution is 6.17. The van der Waals surface area contributed by atoms with Gasteiger partial charge in [-0.3, -0.25) is 14.4 Å². The highest BCUT2D eigenvalue weighted by atomic mass is 35.5. The van der Waals surface area contributed by atoms with Crippen LogP contribution in [-0.4, -0.2) is 67.4 Å².